The fourth-order valence-electron chi connectivity index (χ4n) is 1.97. The summed E-state index contributed by atoms with van der Waals surface area (Å²) in [7, 11) is 0. The first kappa shape index (κ1) is 17.4. The number of aromatic nitrogens is 2. The van der Waals surface area contributed by atoms with E-state index in [0.29, 0.717) is 6.42 Å². The van der Waals surface area contributed by atoms with E-state index in [9.17, 15) is 28.1 Å². The topological polar surface area (TPSA) is 90.1 Å². The van der Waals surface area contributed by atoms with Crippen LogP contribution in [0.4, 0.5) is 24.5 Å². The van der Waals surface area contributed by atoms with Gasteiger partial charge >= 0.3 is 11.9 Å². The average Bonchev–Trinajstić information content (AvgIpc) is 2.96. The molecule has 2 rings (SSSR count). The summed E-state index contributed by atoms with van der Waals surface area (Å²) in [5.41, 5.74) is -0.933. The third-order valence-electron chi connectivity index (χ3n) is 3.10. The maximum atomic E-state index is 12.6. The average molecular weight is 342 g/mol. The number of carbonyl (C=O) groups is 1. The first-order chi connectivity index (χ1) is 11.3. The monoisotopic (exact) mass is 342 g/mol. The van der Waals surface area contributed by atoms with Crippen LogP contribution >= 0.6 is 0 Å². The summed E-state index contributed by atoms with van der Waals surface area (Å²) in [6, 6.07) is 4.35. The van der Waals surface area contributed by atoms with Crippen molar-refractivity contribution in [3.63, 3.8) is 0 Å². The van der Waals surface area contributed by atoms with Crippen LogP contribution in [0.2, 0.25) is 0 Å². The molecule has 7 nitrogen and oxygen atoms in total. The molecule has 1 aromatic heterocycles. The first-order valence-electron chi connectivity index (χ1n) is 6.89. The highest BCUT2D eigenvalue weighted by atomic mass is 19.4. The predicted octanol–water partition coefficient (Wildman–Crippen LogP) is 3.23. The zero-order valence-corrected chi connectivity index (χ0v) is 12.3. The molecule has 0 saturated carbocycles. The van der Waals surface area contributed by atoms with Crippen LogP contribution in [0.15, 0.2) is 36.7 Å². The molecule has 1 amide bonds. The van der Waals surface area contributed by atoms with Crippen molar-refractivity contribution in [2.24, 2.45) is 0 Å². The lowest BCUT2D eigenvalue weighted by atomic mass is 10.2. The molecule has 10 heteroatoms. The Balaban J connectivity index is 1.84. The smallest absolute Gasteiger partial charge is 0.326 e. The Morgan fingerprint density at radius 1 is 1.38 bits per heavy atom. The fraction of sp³-hybridized carbons (Fsp3) is 0.286. The maximum absolute atomic E-state index is 12.6. The van der Waals surface area contributed by atoms with E-state index in [1.165, 1.54) is 23.0 Å². The molecule has 0 aliphatic rings. The largest absolute Gasteiger partial charge is 0.416 e. The fourth-order valence-corrected chi connectivity index (χ4v) is 1.97. The Kier molecular flexibility index (Phi) is 5.17. The number of benzene rings is 1. The van der Waals surface area contributed by atoms with Crippen LogP contribution in [0, 0.1) is 10.1 Å². The minimum absolute atomic E-state index is 0.0455. The van der Waals surface area contributed by atoms with Gasteiger partial charge in [-0.05, 0) is 24.6 Å². The van der Waals surface area contributed by atoms with Gasteiger partial charge in [0.15, 0.2) is 0 Å². The number of amides is 1. The van der Waals surface area contributed by atoms with Gasteiger partial charge in [-0.1, -0.05) is 6.07 Å². The van der Waals surface area contributed by atoms with Crippen LogP contribution in [0.5, 0.6) is 0 Å². The van der Waals surface area contributed by atoms with Crippen LogP contribution in [0.3, 0.4) is 0 Å². The summed E-state index contributed by atoms with van der Waals surface area (Å²) in [4.78, 5) is 21.7. The number of carbonyl (C=O) groups excluding carboxylic acids is 1. The highest BCUT2D eigenvalue weighted by Gasteiger charge is 2.30. The van der Waals surface area contributed by atoms with Gasteiger partial charge in [-0.25, -0.2) is 0 Å². The third-order valence-corrected chi connectivity index (χ3v) is 3.10. The van der Waals surface area contributed by atoms with Crippen LogP contribution in [0.1, 0.15) is 18.4 Å². The summed E-state index contributed by atoms with van der Waals surface area (Å²) >= 11 is 0. The van der Waals surface area contributed by atoms with Crippen molar-refractivity contribution in [2.75, 3.05) is 5.32 Å². The summed E-state index contributed by atoms with van der Waals surface area (Å²) < 4.78 is 39.1. The van der Waals surface area contributed by atoms with Crippen LogP contribution in [0.25, 0.3) is 0 Å². The standard InChI is InChI=1S/C14H13F3N4O3/c15-14(16,17)10-3-1-4-11(7-10)19-13(22)5-2-6-20-9-12(8-18-20)21(23)24/h1,3-4,7-9H,2,5-6H2,(H,19,22). The van der Waals surface area contributed by atoms with Crippen molar-refractivity contribution < 1.29 is 22.9 Å². The lowest BCUT2D eigenvalue weighted by Crippen LogP contribution is -2.13. The number of rotatable bonds is 6. The molecule has 0 radical (unpaired) electrons. The van der Waals surface area contributed by atoms with Gasteiger partial charge in [0.25, 0.3) is 0 Å². The second-order valence-corrected chi connectivity index (χ2v) is 4.95. The quantitative estimate of drug-likeness (QED) is 0.644. The van der Waals surface area contributed by atoms with Gasteiger partial charge in [0.1, 0.15) is 12.4 Å². The number of hydrogen-bond donors (Lipinski definition) is 1. The highest BCUT2D eigenvalue weighted by molar-refractivity contribution is 5.90. The summed E-state index contributed by atoms with van der Waals surface area (Å²) in [5.74, 6) is -0.448. The van der Waals surface area contributed by atoms with Crippen molar-refractivity contribution in [3.05, 3.63) is 52.3 Å². The number of aryl methyl sites for hydroxylation is 1. The molecule has 2 aromatic rings. The van der Waals surface area contributed by atoms with Gasteiger partial charge in [0.2, 0.25) is 5.91 Å². The predicted molar refractivity (Wildman–Crippen MR) is 78.2 cm³/mol. The van der Waals surface area contributed by atoms with E-state index in [4.69, 9.17) is 0 Å². The number of nitrogens with one attached hydrogen (secondary N) is 1. The molecular weight excluding hydrogens is 329 g/mol. The Bertz CT molecular complexity index is 743. The molecule has 0 aliphatic heterocycles. The molecule has 0 fully saturated rings. The second-order valence-electron chi connectivity index (χ2n) is 4.95. The van der Waals surface area contributed by atoms with E-state index in [2.05, 4.69) is 10.4 Å². The zero-order chi connectivity index (χ0) is 17.7. The van der Waals surface area contributed by atoms with E-state index in [1.807, 2.05) is 0 Å². The van der Waals surface area contributed by atoms with Crippen molar-refractivity contribution >= 4 is 17.3 Å². The number of anilines is 1. The van der Waals surface area contributed by atoms with Crippen molar-refractivity contribution in [3.8, 4) is 0 Å². The van der Waals surface area contributed by atoms with Crippen LogP contribution in [-0.4, -0.2) is 20.6 Å². The molecule has 1 aromatic carbocycles. The van der Waals surface area contributed by atoms with Gasteiger partial charge in [-0.15, -0.1) is 0 Å². The molecular formula is C14H13F3N4O3. The van der Waals surface area contributed by atoms with E-state index >= 15 is 0 Å². The molecule has 1 heterocycles. The minimum Gasteiger partial charge on any atom is -0.326 e. The van der Waals surface area contributed by atoms with Crippen molar-refractivity contribution in [1.82, 2.24) is 9.78 Å². The molecule has 24 heavy (non-hydrogen) atoms. The Hall–Kier alpha value is -2.91. The van der Waals surface area contributed by atoms with Gasteiger partial charge in [0, 0.05) is 18.7 Å². The lowest BCUT2D eigenvalue weighted by Gasteiger charge is -2.09. The number of halogens is 3. The first-order valence-corrected chi connectivity index (χ1v) is 6.89. The lowest BCUT2D eigenvalue weighted by molar-refractivity contribution is -0.385. The van der Waals surface area contributed by atoms with Gasteiger partial charge in [-0.3, -0.25) is 19.6 Å². The molecule has 0 atom stereocenters. The third kappa shape index (κ3) is 4.80. The van der Waals surface area contributed by atoms with Crippen molar-refractivity contribution in [1.29, 1.82) is 0 Å². The van der Waals surface area contributed by atoms with Gasteiger partial charge < -0.3 is 5.32 Å². The number of nitro groups is 1. The summed E-state index contributed by atoms with van der Waals surface area (Å²) in [5, 5.41) is 16.7. The van der Waals surface area contributed by atoms with Gasteiger partial charge in [0.05, 0.1) is 10.5 Å². The SMILES string of the molecule is O=C(CCCn1cc([N+](=O)[O-])cn1)Nc1cccc(C(F)(F)F)c1. The van der Waals surface area contributed by atoms with E-state index in [0.717, 1.165) is 18.3 Å². The summed E-state index contributed by atoms with van der Waals surface area (Å²) in [6.45, 7) is 0.282. The normalized spacial score (nSPS) is 11.3. The molecule has 0 unspecified atom stereocenters. The second kappa shape index (κ2) is 7.11. The Morgan fingerprint density at radius 2 is 2.12 bits per heavy atom. The Labute approximate surface area is 134 Å². The van der Waals surface area contributed by atoms with Crippen LogP contribution in [-0.2, 0) is 17.5 Å². The number of hydrogen-bond acceptors (Lipinski definition) is 4. The van der Waals surface area contributed by atoms with Crippen LogP contribution < -0.4 is 5.32 Å². The number of alkyl halides is 3. The highest BCUT2D eigenvalue weighted by Crippen LogP contribution is 2.30. The molecule has 0 aliphatic carbocycles. The van der Waals surface area contributed by atoms with Crippen molar-refractivity contribution in [2.45, 2.75) is 25.6 Å². The summed E-state index contributed by atoms with van der Waals surface area (Å²) in [6.07, 6.45) is -1.75. The van der Waals surface area contributed by atoms with E-state index < -0.39 is 22.6 Å². The molecule has 0 bridgehead atoms. The zero-order valence-electron chi connectivity index (χ0n) is 12.3. The van der Waals surface area contributed by atoms with E-state index in [-0.39, 0.29) is 24.3 Å². The Morgan fingerprint density at radius 3 is 2.75 bits per heavy atom. The molecule has 1 N–H and O–H groups in total. The minimum atomic E-state index is -4.48. The number of nitrogens with zero attached hydrogens (tertiary/aromatic N) is 3. The van der Waals surface area contributed by atoms with Gasteiger partial charge in [-0.2, -0.15) is 18.3 Å². The maximum Gasteiger partial charge on any atom is 0.416 e. The molecule has 0 saturated heterocycles. The van der Waals surface area contributed by atoms with E-state index in [1.54, 1.807) is 0 Å². The molecule has 0 spiro atoms. The molecule has 128 valence electrons.